The average molecular weight is 416 g/mol. The zero-order valence-corrected chi connectivity index (χ0v) is 15.9. The van der Waals surface area contributed by atoms with Crippen LogP contribution < -0.4 is 4.72 Å². The molecule has 1 aliphatic heterocycles. The van der Waals surface area contributed by atoms with E-state index >= 15 is 0 Å². The number of piperidine rings is 1. The minimum Gasteiger partial charge on any atom is -0.279 e. The van der Waals surface area contributed by atoms with E-state index < -0.39 is 36.6 Å². The molecule has 0 spiro atoms. The van der Waals surface area contributed by atoms with Crippen molar-refractivity contribution in [3.63, 3.8) is 0 Å². The fourth-order valence-corrected chi connectivity index (χ4v) is 5.67. The molecule has 0 aliphatic carbocycles. The van der Waals surface area contributed by atoms with Crippen molar-refractivity contribution in [2.24, 2.45) is 0 Å². The average Bonchev–Trinajstić information content (AvgIpc) is 2.62. The van der Waals surface area contributed by atoms with Crippen LogP contribution in [0, 0.1) is 11.6 Å². The number of hydrogen-bond donors (Lipinski definition) is 1. The number of anilines is 1. The molecule has 0 radical (unpaired) electrons. The maximum Gasteiger partial charge on any atom is 0.267 e. The van der Waals surface area contributed by atoms with Gasteiger partial charge in [-0.1, -0.05) is 18.6 Å². The fourth-order valence-electron chi connectivity index (χ4n) is 2.92. The fraction of sp³-hybridized carbons (Fsp3) is 0.294. The van der Waals surface area contributed by atoms with Gasteiger partial charge >= 0.3 is 0 Å². The van der Waals surface area contributed by atoms with E-state index in [1.807, 2.05) is 4.72 Å². The summed E-state index contributed by atoms with van der Waals surface area (Å²) in [6.07, 6.45) is 2.48. The molecule has 1 aliphatic rings. The Kier molecular flexibility index (Phi) is 5.50. The van der Waals surface area contributed by atoms with Crippen molar-refractivity contribution in [1.82, 2.24) is 4.31 Å². The molecule has 10 heteroatoms. The van der Waals surface area contributed by atoms with Gasteiger partial charge in [-0.25, -0.2) is 25.6 Å². The summed E-state index contributed by atoms with van der Waals surface area (Å²) >= 11 is 0. The first-order valence-electron chi connectivity index (χ1n) is 8.29. The summed E-state index contributed by atoms with van der Waals surface area (Å²) in [4.78, 5) is -1.20. The molecular formula is C17H18F2N2O4S2. The summed E-state index contributed by atoms with van der Waals surface area (Å²) in [7, 11) is -8.34. The Bertz CT molecular complexity index is 1030. The predicted molar refractivity (Wildman–Crippen MR) is 96.2 cm³/mol. The van der Waals surface area contributed by atoms with Gasteiger partial charge in [-0.15, -0.1) is 0 Å². The first-order valence-corrected chi connectivity index (χ1v) is 11.2. The van der Waals surface area contributed by atoms with Crippen LogP contribution in [-0.4, -0.2) is 34.2 Å². The maximum absolute atomic E-state index is 13.8. The molecule has 0 saturated carbocycles. The van der Waals surface area contributed by atoms with Gasteiger partial charge in [0, 0.05) is 13.1 Å². The van der Waals surface area contributed by atoms with Gasteiger partial charge in [0.2, 0.25) is 10.0 Å². The zero-order valence-electron chi connectivity index (χ0n) is 14.2. The molecule has 2 aromatic carbocycles. The minimum atomic E-state index is -4.57. The lowest BCUT2D eigenvalue weighted by molar-refractivity contribution is 0.346. The first-order chi connectivity index (χ1) is 12.7. The van der Waals surface area contributed by atoms with Crippen molar-refractivity contribution in [3.05, 3.63) is 54.1 Å². The van der Waals surface area contributed by atoms with Gasteiger partial charge in [0.05, 0.1) is 10.6 Å². The van der Waals surface area contributed by atoms with Crippen molar-refractivity contribution in [2.75, 3.05) is 17.8 Å². The second kappa shape index (κ2) is 7.53. The zero-order chi connectivity index (χ0) is 19.7. The molecule has 1 N–H and O–H groups in total. The smallest absolute Gasteiger partial charge is 0.267 e. The highest BCUT2D eigenvalue weighted by atomic mass is 32.2. The molecule has 27 heavy (non-hydrogen) atoms. The van der Waals surface area contributed by atoms with Crippen molar-refractivity contribution in [2.45, 2.75) is 29.1 Å². The van der Waals surface area contributed by atoms with Crippen LogP contribution in [0.5, 0.6) is 0 Å². The molecule has 2 aromatic rings. The van der Waals surface area contributed by atoms with Crippen LogP contribution in [0.25, 0.3) is 0 Å². The van der Waals surface area contributed by atoms with E-state index in [0.29, 0.717) is 13.1 Å². The summed E-state index contributed by atoms with van der Waals surface area (Å²) in [6, 6.07) is 7.88. The third-order valence-electron chi connectivity index (χ3n) is 4.23. The molecule has 0 aromatic heterocycles. The number of nitrogens with zero attached hydrogens (tertiary/aromatic N) is 1. The number of benzene rings is 2. The second-order valence-electron chi connectivity index (χ2n) is 6.15. The minimum absolute atomic E-state index is 0.0846. The predicted octanol–water partition coefficient (Wildman–Crippen LogP) is 2.94. The second-order valence-corrected chi connectivity index (χ2v) is 9.71. The van der Waals surface area contributed by atoms with E-state index in [0.717, 1.165) is 43.5 Å². The summed E-state index contributed by atoms with van der Waals surface area (Å²) < 4.78 is 81.1. The van der Waals surface area contributed by atoms with Crippen molar-refractivity contribution < 1.29 is 25.6 Å². The highest BCUT2D eigenvalue weighted by molar-refractivity contribution is 7.92. The largest absolute Gasteiger partial charge is 0.279 e. The third-order valence-corrected chi connectivity index (χ3v) is 7.55. The Labute approximate surface area is 156 Å². The van der Waals surface area contributed by atoms with Gasteiger partial charge in [0.25, 0.3) is 10.0 Å². The molecular weight excluding hydrogens is 398 g/mol. The van der Waals surface area contributed by atoms with E-state index in [-0.39, 0.29) is 10.6 Å². The molecule has 3 rings (SSSR count). The molecule has 0 atom stereocenters. The molecule has 0 amide bonds. The normalized spacial score (nSPS) is 16.2. The lowest BCUT2D eigenvalue weighted by atomic mass is 10.2. The van der Waals surface area contributed by atoms with Crippen molar-refractivity contribution >= 4 is 25.7 Å². The molecule has 0 bridgehead atoms. The topological polar surface area (TPSA) is 83.5 Å². The van der Waals surface area contributed by atoms with Crippen molar-refractivity contribution in [1.29, 1.82) is 0 Å². The van der Waals surface area contributed by atoms with Gasteiger partial charge in [-0.2, -0.15) is 4.31 Å². The van der Waals surface area contributed by atoms with E-state index in [1.54, 1.807) is 0 Å². The van der Waals surface area contributed by atoms with Crippen LogP contribution in [0.3, 0.4) is 0 Å². The van der Waals surface area contributed by atoms with Crippen LogP contribution in [0.2, 0.25) is 0 Å². The third kappa shape index (κ3) is 4.12. The van der Waals surface area contributed by atoms with Crippen LogP contribution >= 0.6 is 0 Å². The highest BCUT2D eigenvalue weighted by Gasteiger charge is 2.27. The summed E-state index contributed by atoms with van der Waals surface area (Å²) in [5, 5.41) is 0. The van der Waals surface area contributed by atoms with Crippen LogP contribution in [-0.2, 0) is 20.0 Å². The monoisotopic (exact) mass is 416 g/mol. The summed E-state index contributed by atoms with van der Waals surface area (Å²) in [6.45, 7) is 0.803. The first kappa shape index (κ1) is 19.7. The summed E-state index contributed by atoms with van der Waals surface area (Å²) in [5.41, 5.74) is -0.101. The lowest BCUT2D eigenvalue weighted by Gasteiger charge is -2.26. The van der Waals surface area contributed by atoms with Crippen molar-refractivity contribution in [3.8, 4) is 0 Å². The van der Waals surface area contributed by atoms with Gasteiger partial charge in [-0.05, 0) is 43.2 Å². The van der Waals surface area contributed by atoms with Gasteiger partial charge in [-0.3, -0.25) is 4.72 Å². The van der Waals surface area contributed by atoms with E-state index in [1.165, 1.54) is 22.5 Å². The van der Waals surface area contributed by atoms with Gasteiger partial charge in [0.1, 0.15) is 11.6 Å². The Morgan fingerprint density at radius 1 is 0.852 bits per heavy atom. The molecule has 6 nitrogen and oxygen atoms in total. The lowest BCUT2D eigenvalue weighted by Crippen LogP contribution is -2.35. The SMILES string of the molecule is O=S(=O)(Nc1cccc(S(=O)(=O)N2CCCCC2)c1)c1c(F)cccc1F. The number of hydrogen-bond acceptors (Lipinski definition) is 4. The number of sulfonamides is 2. The Morgan fingerprint density at radius 3 is 2.07 bits per heavy atom. The van der Waals surface area contributed by atoms with Crippen LogP contribution in [0.1, 0.15) is 19.3 Å². The Balaban J connectivity index is 1.92. The van der Waals surface area contributed by atoms with Gasteiger partial charge < -0.3 is 0 Å². The summed E-state index contributed by atoms with van der Waals surface area (Å²) in [5.74, 6) is -2.47. The Morgan fingerprint density at radius 2 is 1.44 bits per heavy atom. The molecule has 0 unspecified atom stereocenters. The van der Waals surface area contributed by atoms with E-state index in [2.05, 4.69) is 0 Å². The molecule has 1 fully saturated rings. The number of nitrogens with one attached hydrogen (secondary N) is 1. The Hall–Kier alpha value is -2.04. The quantitative estimate of drug-likeness (QED) is 0.812. The van der Waals surface area contributed by atoms with Gasteiger partial charge in [0.15, 0.2) is 4.90 Å². The molecule has 146 valence electrons. The maximum atomic E-state index is 13.8. The molecule has 1 heterocycles. The van der Waals surface area contributed by atoms with E-state index in [9.17, 15) is 25.6 Å². The number of halogens is 2. The highest BCUT2D eigenvalue weighted by Crippen LogP contribution is 2.25. The standard InChI is InChI=1S/C17H18F2N2O4S2/c18-15-8-5-9-16(19)17(15)26(22,23)20-13-6-4-7-14(12-13)27(24,25)21-10-2-1-3-11-21/h4-9,12,20H,1-3,10-11H2. The van der Waals surface area contributed by atoms with Crippen LogP contribution in [0.15, 0.2) is 52.3 Å². The van der Waals surface area contributed by atoms with E-state index in [4.69, 9.17) is 0 Å². The van der Waals surface area contributed by atoms with Crippen LogP contribution in [0.4, 0.5) is 14.5 Å². The molecule has 1 saturated heterocycles. The number of rotatable bonds is 5.